The number of rotatable bonds is 38. The Hall–Kier alpha value is -7.59. The maximum Gasteiger partial charge on any atom is 0.514 e. The number of non-ortho nitro benzene ring substituents is 1. The highest BCUT2D eigenvalue weighted by Crippen LogP contribution is 2.67. The van der Waals surface area contributed by atoms with Crippen molar-refractivity contribution in [3.8, 4) is 11.5 Å². The molecule has 0 bridgehead atoms. The smallest absolute Gasteiger partial charge is 0.497 e. The molecule has 4 N–H and O–H groups in total. The van der Waals surface area contributed by atoms with Gasteiger partial charge in [0.2, 0.25) is 5.91 Å². The molecule has 3 fully saturated rings. The number of amides is 1. The summed E-state index contributed by atoms with van der Waals surface area (Å²) in [5, 5.41) is 25.6. The highest BCUT2D eigenvalue weighted by molar-refractivity contribution is 5.75. The molecule has 6 aromatic carbocycles. The third-order valence-electron chi connectivity index (χ3n) is 22.9. The summed E-state index contributed by atoms with van der Waals surface area (Å²) >= 11 is 0. The van der Waals surface area contributed by atoms with Crippen molar-refractivity contribution < 1.29 is 37.9 Å². The zero-order valence-corrected chi connectivity index (χ0v) is 59.8. The van der Waals surface area contributed by atoms with Crippen molar-refractivity contribution in [3.63, 3.8) is 0 Å². The number of carbonyl (C=O) groups is 2. The van der Waals surface area contributed by atoms with Gasteiger partial charge in [-0.3, -0.25) is 14.9 Å². The van der Waals surface area contributed by atoms with Crippen molar-refractivity contribution in [2.24, 2.45) is 46.3 Å². The van der Waals surface area contributed by atoms with E-state index in [1.165, 1.54) is 105 Å². The maximum absolute atomic E-state index is 14.2. The van der Waals surface area contributed by atoms with Crippen molar-refractivity contribution in [3.05, 3.63) is 208 Å². The van der Waals surface area contributed by atoms with Crippen LogP contribution >= 0.6 is 0 Å². The first-order valence-corrected chi connectivity index (χ1v) is 37.3. The number of ether oxygens (including phenoxy) is 4. The number of carbonyl (C=O) groups excluding carboxylic acids is 2. The molecule has 0 saturated heterocycles. The molecule has 0 radical (unpaired) electrons. The SMILES string of the molecule is COc1ccc(N(CCCC[C@@H](CNc2ccc(COC(=O)Oc3ccc([N+](=O)[O-])cc3)cc2)NCC[C@H](Cc2ccc(F)cc2)NCCCC(=O)NCCCO[C@H]2CC[C@@]3(C)C(=CC[C@H]4[C@@H]5CC[C@H]([C@H](C)CCCC(C)C)[C@@]5(C)CC[C@@H]43)C2)C(c2ccccc2)c2ccccc2)cc1. The van der Waals surface area contributed by atoms with Gasteiger partial charge in [0.1, 0.15) is 23.9 Å². The van der Waals surface area contributed by atoms with E-state index in [1.54, 1.807) is 12.7 Å². The van der Waals surface area contributed by atoms with Crippen LogP contribution in [0.1, 0.15) is 178 Å². The van der Waals surface area contributed by atoms with Gasteiger partial charge in [-0.25, -0.2) is 9.18 Å². The number of unbranched alkanes of at least 4 members (excludes halogenated alkanes) is 1. The first-order valence-electron chi connectivity index (χ1n) is 37.3. The lowest BCUT2D eigenvalue weighted by atomic mass is 9.47. The van der Waals surface area contributed by atoms with E-state index in [0.717, 1.165) is 122 Å². The maximum atomic E-state index is 14.2. The monoisotopic (exact) mass is 1350 g/mol. The molecular weight excluding hydrogens is 1240 g/mol. The Kier molecular flexibility index (Phi) is 27.4. The Morgan fingerprint density at radius 3 is 2.08 bits per heavy atom. The fraction of sp³-hybridized carbons (Fsp3) is 0.524. The van der Waals surface area contributed by atoms with Gasteiger partial charge in [-0.2, -0.15) is 0 Å². The quantitative estimate of drug-likeness (QED) is 0.00725. The van der Waals surface area contributed by atoms with Crippen molar-refractivity contribution in [1.29, 1.82) is 0 Å². The number of anilines is 2. The molecule has 15 heteroatoms. The number of nitro groups is 1. The molecule has 0 unspecified atom stereocenters. The second kappa shape index (κ2) is 36.7. The molecule has 0 aliphatic heterocycles. The molecule has 0 spiro atoms. The summed E-state index contributed by atoms with van der Waals surface area (Å²) in [7, 11) is 1.69. The van der Waals surface area contributed by atoms with E-state index in [1.807, 2.05) is 48.5 Å². The number of benzene rings is 6. The van der Waals surface area contributed by atoms with E-state index in [4.69, 9.17) is 18.9 Å². The predicted molar refractivity (Wildman–Crippen MR) is 396 cm³/mol. The summed E-state index contributed by atoms with van der Waals surface area (Å²) in [6.07, 6.45) is 22.7. The van der Waals surface area contributed by atoms with Crippen LogP contribution in [0.4, 0.5) is 26.2 Å². The van der Waals surface area contributed by atoms with E-state index in [2.05, 4.69) is 140 Å². The normalized spacial score (nSPS) is 21.9. The van der Waals surface area contributed by atoms with Gasteiger partial charge in [-0.15, -0.1) is 0 Å². The summed E-state index contributed by atoms with van der Waals surface area (Å²) in [6.45, 7) is 16.7. The summed E-state index contributed by atoms with van der Waals surface area (Å²) in [6, 6.07) is 49.6. The Morgan fingerprint density at radius 2 is 1.38 bits per heavy atom. The third kappa shape index (κ3) is 20.8. The molecule has 1 amide bonds. The Morgan fingerprint density at radius 1 is 0.687 bits per heavy atom. The highest BCUT2D eigenvalue weighted by atomic mass is 19.1. The van der Waals surface area contributed by atoms with Crippen molar-refractivity contribution in [2.45, 2.75) is 187 Å². The molecule has 4 aliphatic carbocycles. The number of methoxy groups -OCH3 is 1. The zero-order chi connectivity index (χ0) is 69.6. The van der Waals surface area contributed by atoms with E-state index in [0.29, 0.717) is 56.3 Å². The van der Waals surface area contributed by atoms with Gasteiger partial charge in [0.15, 0.2) is 0 Å². The molecule has 6 aromatic rings. The lowest BCUT2D eigenvalue weighted by Gasteiger charge is -2.58. The average molecular weight is 1350 g/mol. The van der Waals surface area contributed by atoms with Crippen LogP contribution in [-0.2, 0) is 27.3 Å². The second-order valence-corrected chi connectivity index (χ2v) is 29.8. The lowest BCUT2D eigenvalue weighted by Crippen LogP contribution is -2.51. The topological polar surface area (TPSA) is 166 Å². The van der Waals surface area contributed by atoms with Crippen molar-refractivity contribution in [1.82, 2.24) is 16.0 Å². The minimum Gasteiger partial charge on any atom is -0.497 e. The number of allylic oxidation sites excluding steroid dienone is 1. The summed E-state index contributed by atoms with van der Waals surface area (Å²) in [4.78, 5) is 38.8. The van der Waals surface area contributed by atoms with Crippen molar-refractivity contribution >= 4 is 29.1 Å². The van der Waals surface area contributed by atoms with Crippen LogP contribution in [0.5, 0.6) is 11.5 Å². The molecule has 0 aromatic heterocycles. The zero-order valence-electron chi connectivity index (χ0n) is 59.8. The fourth-order valence-electron chi connectivity index (χ4n) is 17.4. The van der Waals surface area contributed by atoms with Crippen LogP contribution in [-0.4, -0.2) is 81.6 Å². The predicted octanol–water partition coefficient (Wildman–Crippen LogP) is 18.6. The first kappa shape index (κ1) is 74.1. The number of fused-ring (bicyclic) bond motifs is 5. The standard InChI is InChI=1S/C84H111FN6O8/c1-60(2)18-15-19-61(3)77-44-45-78-76-43-30-66-57-75(46-49-83(66,4)79(76)47-50-84(77,78)5)97-55-17-52-88-80(92)25-16-51-86-69(56-62-26-31-67(85)32-27-62)48-53-87-70(58-89-68-33-28-63(29-34-68)59-98-82(93)99-74-41-37-72(38-42-74)91(94)95)24-13-14-54-90(71-35-39-73(96-6)40-36-71)81(64-20-9-7-10-21-64)65-22-11-8-12-23-65/h7-12,20-23,26-42,60-61,69-70,75-79,81,86-87,89H,13-19,24-25,43-59H2,1-6H3,(H,88,92)/t61-,69-,70+,75+,76+,77-,78+,79+,83+,84-/m1/s1. The van der Waals surface area contributed by atoms with Gasteiger partial charge in [-0.05, 0) is 232 Å². The van der Waals surface area contributed by atoms with Crippen LogP contribution in [0.25, 0.3) is 0 Å². The number of hydrogen-bond donors (Lipinski definition) is 4. The largest absolute Gasteiger partial charge is 0.514 e. The molecule has 10 atom stereocenters. The van der Waals surface area contributed by atoms with Crippen LogP contribution < -0.4 is 35.6 Å². The highest BCUT2D eigenvalue weighted by Gasteiger charge is 2.59. The van der Waals surface area contributed by atoms with E-state index in [-0.39, 0.29) is 54.0 Å². The van der Waals surface area contributed by atoms with Gasteiger partial charge < -0.3 is 45.1 Å². The molecular formula is C84H111FN6O8. The van der Waals surface area contributed by atoms with Crippen LogP contribution in [0.15, 0.2) is 169 Å². The Labute approximate surface area is 589 Å². The minimum atomic E-state index is -0.913. The van der Waals surface area contributed by atoms with Gasteiger partial charge in [0, 0.05) is 68.3 Å². The Bertz CT molecular complexity index is 3430. The molecule has 10 rings (SSSR count). The lowest BCUT2D eigenvalue weighted by molar-refractivity contribution is -0.384. The summed E-state index contributed by atoms with van der Waals surface area (Å²) in [5.74, 6) is 5.77. The molecule has 532 valence electrons. The number of nitrogens with zero attached hydrogens (tertiary/aromatic N) is 2. The molecule has 99 heavy (non-hydrogen) atoms. The Balaban J connectivity index is 0.702. The molecule has 4 aliphatic rings. The third-order valence-corrected chi connectivity index (χ3v) is 22.9. The second-order valence-electron chi connectivity index (χ2n) is 29.8. The van der Waals surface area contributed by atoms with Crippen molar-refractivity contribution in [2.75, 3.05) is 56.7 Å². The summed E-state index contributed by atoms with van der Waals surface area (Å²) < 4.78 is 37.0. The minimum absolute atomic E-state index is 0.0186. The van der Waals surface area contributed by atoms with Crippen LogP contribution in [0.3, 0.4) is 0 Å². The number of halogens is 1. The first-order chi connectivity index (χ1) is 48.0. The van der Waals surface area contributed by atoms with E-state index < -0.39 is 11.1 Å². The number of hydrogen-bond acceptors (Lipinski definition) is 12. The van der Waals surface area contributed by atoms with E-state index in [9.17, 15) is 24.1 Å². The van der Waals surface area contributed by atoms with Gasteiger partial charge in [0.25, 0.3) is 5.69 Å². The van der Waals surface area contributed by atoms with E-state index >= 15 is 0 Å². The molecule has 14 nitrogen and oxygen atoms in total. The molecule has 3 saturated carbocycles. The summed E-state index contributed by atoms with van der Waals surface area (Å²) in [5.41, 5.74) is 8.62. The number of nitrogens with one attached hydrogen (secondary N) is 4. The van der Waals surface area contributed by atoms with Gasteiger partial charge >= 0.3 is 6.16 Å². The average Bonchev–Trinajstić information content (AvgIpc) is 1.70. The fourth-order valence-corrected chi connectivity index (χ4v) is 17.4. The number of nitro benzene ring substituents is 1. The van der Waals surface area contributed by atoms with Gasteiger partial charge in [-0.1, -0.05) is 157 Å². The van der Waals surface area contributed by atoms with Gasteiger partial charge in [0.05, 0.1) is 24.2 Å². The van der Waals surface area contributed by atoms with Crippen LogP contribution in [0, 0.1) is 62.3 Å². The molecule has 0 heterocycles. The van der Waals surface area contributed by atoms with Crippen LogP contribution in [0.2, 0.25) is 0 Å².